The van der Waals surface area contributed by atoms with Gasteiger partial charge in [-0.05, 0) is 77.0 Å². The Kier molecular flexibility index (Phi) is 60.7. The van der Waals surface area contributed by atoms with E-state index in [1.54, 1.807) is 0 Å². The fraction of sp³-hybridized carbons (Fsp3) is 0.838. The summed E-state index contributed by atoms with van der Waals surface area (Å²) in [6.07, 6.45) is 78.3. The lowest BCUT2D eigenvalue weighted by molar-refractivity contribution is -0.167. The Morgan fingerprint density at radius 1 is 0.284 bits per heavy atom. The van der Waals surface area contributed by atoms with Gasteiger partial charge in [-0.2, -0.15) is 0 Å². The highest BCUT2D eigenvalue weighted by Gasteiger charge is 2.19. The molecule has 0 aliphatic rings. The van der Waals surface area contributed by atoms with Gasteiger partial charge in [0.2, 0.25) is 0 Å². The van der Waals surface area contributed by atoms with E-state index in [9.17, 15) is 14.4 Å². The number of allylic oxidation sites excluding steroid dienone is 8. The SMILES string of the molecule is CC/C=C\C/C=C\C/C=C\CCCCCCCCCCCC(=O)OCC(COC(=O)CCCCCCCCCCCCCCCCCCCC)OC(=O)CCCCCCCCC/C=C\CCCCCCCCCC. The highest BCUT2D eigenvalue weighted by Crippen LogP contribution is 2.17. The molecule has 6 heteroatoms. The fourth-order valence-electron chi connectivity index (χ4n) is 9.69. The summed E-state index contributed by atoms with van der Waals surface area (Å²) in [7, 11) is 0. The van der Waals surface area contributed by atoms with Crippen LogP contribution in [0.15, 0.2) is 48.6 Å². The Morgan fingerprint density at radius 3 is 0.838 bits per heavy atom. The van der Waals surface area contributed by atoms with Crippen molar-refractivity contribution in [1.29, 1.82) is 0 Å². The quantitative estimate of drug-likeness (QED) is 0.0261. The average molecular weight is 1040 g/mol. The molecule has 0 aliphatic heterocycles. The summed E-state index contributed by atoms with van der Waals surface area (Å²) in [5.74, 6) is -0.859. The van der Waals surface area contributed by atoms with Crippen LogP contribution in [0, 0.1) is 0 Å². The van der Waals surface area contributed by atoms with Crippen LogP contribution in [0.4, 0.5) is 0 Å². The summed E-state index contributed by atoms with van der Waals surface area (Å²) < 4.78 is 17.0. The molecule has 0 heterocycles. The van der Waals surface area contributed by atoms with Gasteiger partial charge in [0.15, 0.2) is 6.10 Å². The Balaban J connectivity index is 4.35. The summed E-state index contributed by atoms with van der Waals surface area (Å²) in [6.45, 7) is 6.58. The molecular weight excluding hydrogens is 913 g/mol. The fourth-order valence-corrected chi connectivity index (χ4v) is 9.69. The maximum Gasteiger partial charge on any atom is 0.306 e. The number of ether oxygens (including phenoxy) is 3. The minimum absolute atomic E-state index is 0.0724. The second kappa shape index (κ2) is 62.9. The second-order valence-electron chi connectivity index (χ2n) is 22.0. The third kappa shape index (κ3) is 60.2. The van der Waals surface area contributed by atoms with Crippen LogP contribution in [0.1, 0.15) is 348 Å². The normalized spacial score (nSPS) is 12.3. The summed E-state index contributed by atoms with van der Waals surface area (Å²) in [5.41, 5.74) is 0. The number of unbranched alkanes of at least 4 members (excludes halogenated alkanes) is 41. The summed E-state index contributed by atoms with van der Waals surface area (Å²) in [6, 6.07) is 0. The van der Waals surface area contributed by atoms with Gasteiger partial charge in [-0.3, -0.25) is 14.4 Å². The van der Waals surface area contributed by atoms with Crippen LogP contribution in [0.2, 0.25) is 0 Å². The van der Waals surface area contributed by atoms with Crippen molar-refractivity contribution < 1.29 is 28.6 Å². The maximum atomic E-state index is 12.9. The Labute approximate surface area is 460 Å². The first-order valence-corrected chi connectivity index (χ1v) is 32.6. The highest BCUT2D eigenvalue weighted by atomic mass is 16.6. The Bertz CT molecular complexity index is 1280. The first kappa shape index (κ1) is 71.4. The van der Waals surface area contributed by atoms with E-state index in [1.165, 1.54) is 231 Å². The number of rotatable bonds is 60. The smallest absolute Gasteiger partial charge is 0.306 e. The molecule has 0 radical (unpaired) electrons. The summed E-state index contributed by atoms with van der Waals surface area (Å²) in [4.78, 5) is 38.4. The molecule has 1 unspecified atom stereocenters. The molecule has 1 atom stereocenters. The second-order valence-corrected chi connectivity index (χ2v) is 22.0. The Hall–Kier alpha value is -2.63. The number of esters is 3. The van der Waals surface area contributed by atoms with Gasteiger partial charge in [-0.25, -0.2) is 0 Å². The van der Waals surface area contributed by atoms with E-state index in [0.29, 0.717) is 19.3 Å². The van der Waals surface area contributed by atoms with E-state index < -0.39 is 6.10 Å². The van der Waals surface area contributed by atoms with Crippen molar-refractivity contribution in [1.82, 2.24) is 0 Å². The highest BCUT2D eigenvalue weighted by molar-refractivity contribution is 5.71. The lowest BCUT2D eigenvalue weighted by Gasteiger charge is -2.18. The van der Waals surface area contributed by atoms with Gasteiger partial charge in [-0.1, -0.05) is 301 Å². The van der Waals surface area contributed by atoms with Crippen LogP contribution < -0.4 is 0 Å². The van der Waals surface area contributed by atoms with Crippen molar-refractivity contribution in [2.45, 2.75) is 354 Å². The molecule has 0 aromatic rings. The zero-order valence-electron chi connectivity index (χ0n) is 49.6. The zero-order chi connectivity index (χ0) is 53.6. The van der Waals surface area contributed by atoms with E-state index in [-0.39, 0.29) is 31.1 Å². The van der Waals surface area contributed by atoms with Gasteiger partial charge in [0.25, 0.3) is 0 Å². The van der Waals surface area contributed by atoms with E-state index in [4.69, 9.17) is 14.2 Å². The molecule has 0 rings (SSSR count). The van der Waals surface area contributed by atoms with Crippen LogP contribution >= 0.6 is 0 Å². The zero-order valence-corrected chi connectivity index (χ0v) is 49.6. The predicted octanol–water partition coefficient (Wildman–Crippen LogP) is 22.2. The van der Waals surface area contributed by atoms with Gasteiger partial charge < -0.3 is 14.2 Å². The van der Waals surface area contributed by atoms with E-state index in [1.807, 2.05) is 0 Å². The largest absolute Gasteiger partial charge is 0.462 e. The molecular formula is C68H124O6. The number of carbonyl (C=O) groups excluding carboxylic acids is 3. The molecule has 0 saturated carbocycles. The van der Waals surface area contributed by atoms with Crippen molar-refractivity contribution in [2.75, 3.05) is 13.2 Å². The van der Waals surface area contributed by atoms with Crippen molar-refractivity contribution in [3.8, 4) is 0 Å². The molecule has 0 aromatic heterocycles. The maximum absolute atomic E-state index is 12.9. The summed E-state index contributed by atoms with van der Waals surface area (Å²) in [5, 5.41) is 0. The lowest BCUT2D eigenvalue weighted by Crippen LogP contribution is -2.30. The van der Waals surface area contributed by atoms with Crippen LogP contribution in [0.3, 0.4) is 0 Å². The topological polar surface area (TPSA) is 78.9 Å². The molecule has 0 saturated heterocycles. The molecule has 0 spiro atoms. The van der Waals surface area contributed by atoms with Gasteiger partial charge in [0.05, 0.1) is 0 Å². The van der Waals surface area contributed by atoms with Crippen LogP contribution in [-0.2, 0) is 28.6 Å². The van der Waals surface area contributed by atoms with Crippen molar-refractivity contribution >= 4 is 17.9 Å². The molecule has 0 N–H and O–H groups in total. The predicted molar refractivity (Wildman–Crippen MR) is 321 cm³/mol. The van der Waals surface area contributed by atoms with Gasteiger partial charge in [0.1, 0.15) is 13.2 Å². The van der Waals surface area contributed by atoms with Gasteiger partial charge in [-0.15, -0.1) is 0 Å². The monoisotopic (exact) mass is 1040 g/mol. The van der Waals surface area contributed by atoms with Crippen molar-refractivity contribution in [3.05, 3.63) is 48.6 Å². The van der Waals surface area contributed by atoms with Gasteiger partial charge in [0, 0.05) is 19.3 Å². The molecule has 0 amide bonds. The minimum atomic E-state index is -0.777. The molecule has 6 nitrogen and oxygen atoms in total. The molecule has 0 aliphatic carbocycles. The van der Waals surface area contributed by atoms with Crippen LogP contribution in [0.25, 0.3) is 0 Å². The average Bonchev–Trinajstić information content (AvgIpc) is 3.40. The summed E-state index contributed by atoms with van der Waals surface area (Å²) >= 11 is 0. The number of hydrogen-bond donors (Lipinski definition) is 0. The number of hydrogen-bond acceptors (Lipinski definition) is 6. The first-order valence-electron chi connectivity index (χ1n) is 32.6. The van der Waals surface area contributed by atoms with E-state index in [0.717, 1.165) is 77.0 Å². The molecule has 0 bridgehead atoms. The van der Waals surface area contributed by atoms with E-state index in [2.05, 4.69) is 69.4 Å². The molecule has 0 aromatic carbocycles. The van der Waals surface area contributed by atoms with Crippen molar-refractivity contribution in [3.63, 3.8) is 0 Å². The molecule has 432 valence electrons. The standard InChI is InChI=1S/C68H124O6/c1-4-7-10-13-16-19-22-25-28-31-34-37-40-43-46-49-52-55-58-61-67(70)73-64-65(63-72-66(69)60-57-54-51-48-45-42-39-36-33-30-27-24-21-18-15-12-9-6-3)74-68(71)62-59-56-53-50-47-44-41-38-35-32-29-26-23-20-17-14-11-8-5-2/h7,10,16,19,25,28,32,35,65H,4-6,8-9,11-15,17-18,20-24,26-27,29-31,33-34,36-64H2,1-3H3/b10-7-,19-16-,28-25-,35-32-. The van der Waals surface area contributed by atoms with Gasteiger partial charge >= 0.3 is 17.9 Å². The third-order valence-corrected chi connectivity index (χ3v) is 14.6. The van der Waals surface area contributed by atoms with Crippen LogP contribution in [0.5, 0.6) is 0 Å². The molecule has 74 heavy (non-hydrogen) atoms. The first-order chi connectivity index (χ1) is 36.5. The molecule has 0 fully saturated rings. The lowest BCUT2D eigenvalue weighted by atomic mass is 10.0. The minimum Gasteiger partial charge on any atom is -0.462 e. The van der Waals surface area contributed by atoms with Crippen molar-refractivity contribution in [2.24, 2.45) is 0 Å². The van der Waals surface area contributed by atoms with Crippen LogP contribution in [-0.4, -0.2) is 37.2 Å². The number of carbonyl (C=O) groups is 3. The third-order valence-electron chi connectivity index (χ3n) is 14.6. The van der Waals surface area contributed by atoms with E-state index >= 15 is 0 Å². The Morgan fingerprint density at radius 2 is 0.527 bits per heavy atom.